The second-order valence-electron chi connectivity index (χ2n) is 6.83. The van der Waals surface area contributed by atoms with Gasteiger partial charge in [0.2, 0.25) is 0 Å². The summed E-state index contributed by atoms with van der Waals surface area (Å²) in [6, 6.07) is 16.4. The molecule has 1 unspecified atom stereocenters. The lowest BCUT2D eigenvalue weighted by Crippen LogP contribution is -3.00. The molecule has 0 saturated carbocycles. The molecule has 27 heavy (non-hydrogen) atoms. The number of aryl methyl sites for hydroxylation is 1. The van der Waals surface area contributed by atoms with Crippen LogP contribution in [0.2, 0.25) is 0 Å². The molecule has 0 fully saturated rings. The largest absolute Gasteiger partial charge is 1.00 e. The van der Waals surface area contributed by atoms with Gasteiger partial charge in [0.1, 0.15) is 11.4 Å². The predicted molar refractivity (Wildman–Crippen MR) is 107 cm³/mol. The summed E-state index contributed by atoms with van der Waals surface area (Å²) in [6.07, 6.45) is 1.08. The van der Waals surface area contributed by atoms with Crippen LogP contribution in [0.4, 0.5) is 5.69 Å². The van der Waals surface area contributed by atoms with Gasteiger partial charge in [0, 0.05) is 11.3 Å². The van der Waals surface area contributed by atoms with E-state index < -0.39 is 5.72 Å². The van der Waals surface area contributed by atoms with Crippen molar-refractivity contribution < 1.29 is 31.4 Å². The van der Waals surface area contributed by atoms with E-state index in [0.29, 0.717) is 13.2 Å². The Morgan fingerprint density at radius 3 is 2.52 bits per heavy atom. The number of halogens is 1. The summed E-state index contributed by atoms with van der Waals surface area (Å²) in [6.45, 7) is 6.13. The lowest BCUT2D eigenvalue weighted by molar-refractivity contribution is -0.656. The van der Waals surface area contributed by atoms with Crippen LogP contribution in [-0.4, -0.2) is 40.3 Å². The third kappa shape index (κ3) is 3.75. The standard InChI is InChI=1S/C21H25N2O2S.BrH/c1-3-25-19-11-9-18(10-12-19)22-15-21(24,17-7-5-16(2)6-8-17)23-13-4-14-26-20(22)23;/h5-12,24H,3-4,13-15H2,1-2H3;1H/q+1;/p-1. The number of nitrogens with zero attached hydrogens (tertiary/aromatic N) is 2. The minimum absolute atomic E-state index is 0. The van der Waals surface area contributed by atoms with E-state index in [1.165, 1.54) is 5.56 Å². The first kappa shape index (κ1) is 20.2. The van der Waals surface area contributed by atoms with E-state index in [-0.39, 0.29) is 17.0 Å². The van der Waals surface area contributed by atoms with Gasteiger partial charge in [-0.3, -0.25) is 0 Å². The SMILES string of the molecule is CCOc1ccc(N2CC(O)(c3ccc(C)cc3)[N+]3=C2SCCC3)cc1.[Br-]. The topological polar surface area (TPSA) is 35.7 Å². The second-order valence-corrected chi connectivity index (χ2v) is 7.89. The zero-order valence-electron chi connectivity index (χ0n) is 15.7. The molecule has 2 aromatic rings. The fourth-order valence-electron chi connectivity index (χ4n) is 3.66. The van der Waals surface area contributed by atoms with E-state index in [2.05, 4.69) is 40.7 Å². The number of aliphatic hydroxyl groups is 1. The number of hydrogen-bond acceptors (Lipinski definition) is 4. The Morgan fingerprint density at radius 1 is 1.15 bits per heavy atom. The minimum Gasteiger partial charge on any atom is -1.00 e. The normalized spacial score (nSPS) is 21.7. The first-order valence-corrected chi connectivity index (χ1v) is 10.2. The van der Waals surface area contributed by atoms with Gasteiger partial charge in [0.15, 0.2) is 6.54 Å². The van der Waals surface area contributed by atoms with Gasteiger partial charge in [0.05, 0.1) is 13.2 Å². The van der Waals surface area contributed by atoms with Crippen LogP contribution in [0.3, 0.4) is 0 Å². The van der Waals surface area contributed by atoms with Gasteiger partial charge in [-0.15, -0.1) is 0 Å². The van der Waals surface area contributed by atoms with Crippen LogP contribution in [0.1, 0.15) is 24.5 Å². The predicted octanol–water partition coefficient (Wildman–Crippen LogP) is 0.568. The van der Waals surface area contributed by atoms with Crippen LogP contribution >= 0.6 is 11.8 Å². The summed E-state index contributed by atoms with van der Waals surface area (Å²) in [5, 5.41) is 12.8. The number of anilines is 1. The third-order valence-corrected chi connectivity index (χ3v) is 6.21. The Bertz CT molecular complexity index is 823. The van der Waals surface area contributed by atoms with Crippen LogP contribution in [0.5, 0.6) is 5.75 Å². The van der Waals surface area contributed by atoms with Crippen molar-refractivity contribution in [3.8, 4) is 5.75 Å². The van der Waals surface area contributed by atoms with Crippen molar-refractivity contribution in [2.45, 2.75) is 26.0 Å². The van der Waals surface area contributed by atoms with Crippen LogP contribution in [-0.2, 0) is 5.72 Å². The van der Waals surface area contributed by atoms with E-state index in [9.17, 15) is 5.11 Å². The van der Waals surface area contributed by atoms with Crippen molar-refractivity contribution in [2.24, 2.45) is 0 Å². The molecule has 0 spiro atoms. The molecule has 6 heteroatoms. The molecule has 2 aliphatic rings. The highest BCUT2D eigenvalue weighted by molar-refractivity contribution is 8.13. The summed E-state index contributed by atoms with van der Waals surface area (Å²) in [5.41, 5.74) is 2.26. The van der Waals surface area contributed by atoms with Crippen molar-refractivity contribution >= 4 is 22.6 Å². The molecule has 1 N–H and O–H groups in total. The Hall–Kier alpha value is -1.50. The van der Waals surface area contributed by atoms with Crippen molar-refractivity contribution in [2.75, 3.05) is 30.3 Å². The van der Waals surface area contributed by atoms with Gasteiger partial charge in [-0.25, -0.2) is 9.48 Å². The van der Waals surface area contributed by atoms with Gasteiger partial charge >= 0.3 is 5.17 Å². The molecule has 2 aromatic carbocycles. The fourth-order valence-corrected chi connectivity index (χ4v) is 4.84. The Kier molecular flexibility index (Phi) is 6.18. The number of benzene rings is 2. The number of rotatable bonds is 4. The zero-order valence-corrected chi connectivity index (χ0v) is 18.1. The van der Waals surface area contributed by atoms with E-state index in [1.807, 2.05) is 43.0 Å². The Balaban J connectivity index is 0.00000210. The van der Waals surface area contributed by atoms with E-state index in [1.54, 1.807) is 0 Å². The molecule has 0 bridgehead atoms. The Morgan fingerprint density at radius 2 is 1.85 bits per heavy atom. The highest BCUT2D eigenvalue weighted by atomic mass is 79.9. The number of hydrogen-bond donors (Lipinski definition) is 1. The molecular formula is C21H25BrN2O2S. The molecule has 1 atom stereocenters. The van der Waals surface area contributed by atoms with Gasteiger partial charge in [-0.05, 0) is 56.3 Å². The first-order valence-electron chi connectivity index (χ1n) is 9.19. The quantitative estimate of drug-likeness (QED) is 0.693. The van der Waals surface area contributed by atoms with Gasteiger partial charge in [-0.2, -0.15) is 0 Å². The van der Waals surface area contributed by atoms with Crippen LogP contribution < -0.4 is 26.6 Å². The first-order chi connectivity index (χ1) is 12.6. The summed E-state index contributed by atoms with van der Waals surface area (Å²) in [4.78, 5) is 2.24. The van der Waals surface area contributed by atoms with Crippen molar-refractivity contribution in [1.82, 2.24) is 0 Å². The summed E-state index contributed by atoms with van der Waals surface area (Å²) < 4.78 is 7.73. The van der Waals surface area contributed by atoms with Crippen LogP contribution in [0.15, 0.2) is 48.5 Å². The number of thioether (sulfide) groups is 1. The molecule has 4 rings (SSSR count). The van der Waals surface area contributed by atoms with E-state index in [0.717, 1.165) is 40.9 Å². The zero-order chi connectivity index (χ0) is 18.1. The molecular weight excluding hydrogens is 424 g/mol. The smallest absolute Gasteiger partial charge is 0.316 e. The van der Waals surface area contributed by atoms with E-state index >= 15 is 0 Å². The van der Waals surface area contributed by atoms with Gasteiger partial charge in [-0.1, -0.05) is 29.8 Å². The number of amidine groups is 1. The average molecular weight is 449 g/mol. The molecule has 0 aromatic heterocycles. The summed E-state index contributed by atoms with van der Waals surface area (Å²) in [5.74, 6) is 1.96. The molecule has 0 aliphatic carbocycles. The summed E-state index contributed by atoms with van der Waals surface area (Å²) >= 11 is 1.83. The van der Waals surface area contributed by atoms with Crippen LogP contribution in [0.25, 0.3) is 0 Å². The van der Waals surface area contributed by atoms with Crippen LogP contribution in [0, 0.1) is 6.92 Å². The van der Waals surface area contributed by atoms with E-state index in [4.69, 9.17) is 4.74 Å². The second kappa shape index (κ2) is 8.25. The fraction of sp³-hybridized carbons (Fsp3) is 0.381. The molecule has 0 radical (unpaired) electrons. The highest BCUT2D eigenvalue weighted by Gasteiger charge is 2.53. The molecule has 0 saturated heterocycles. The maximum absolute atomic E-state index is 11.6. The third-order valence-electron chi connectivity index (χ3n) is 5.02. The van der Waals surface area contributed by atoms with Gasteiger partial charge < -0.3 is 26.8 Å². The monoisotopic (exact) mass is 448 g/mol. The highest BCUT2D eigenvalue weighted by Crippen LogP contribution is 2.38. The molecule has 2 aliphatic heterocycles. The van der Waals surface area contributed by atoms with Gasteiger partial charge in [0.25, 0.3) is 5.72 Å². The maximum Gasteiger partial charge on any atom is 0.316 e. The molecule has 0 amide bonds. The number of ether oxygens (including phenoxy) is 1. The Labute approximate surface area is 175 Å². The average Bonchev–Trinajstić information content (AvgIpc) is 2.98. The van der Waals surface area contributed by atoms with Crippen molar-refractivity contribution in [3.05, 3.63) is 59.7 Å². The minimum atomic E-state index is -0.991. The molecule has 144 valence electrons. The molecule has 2 heterocycles. The van der Waals surface area contributed by atoms with Crippen molar-refractivity contribution in [1.29, 1.82) is 0 Å². The number of β-amino-alcohol motifs (C(OH)–C–C–N with tert-alkyl or cyclic N) is 1. The lowest BCUT2D eigenvalue weighted by atomic mass is 10.0. The van der Waals surface area contributed by atoms with Crippen molar-refractivity contribution in [3.63, 3.8) is 0 Å². The molecule has 4 nitrogen and oxygen atoms in total. The maximum atomic E-state index is 11.6. The summed E-state index contributed by atoms with van der Waals surface area (Å²) in [7, 11) is 0. The lowest BCUT2D eigenvalue weighted by Gasteiger charge is -2.24.